The molecule has 0 fully saturated rings. The monoisotopic (exact) mass is 955 g/mol. The molecule has 0 radical (unpaired) electrons. The fourth-order valence-corrected chi connectivity index (χ4v) is 7.24. The molecule has 6 heteroatoms. The average Bonchev–Trinajstić information content (AvgIpc) is 3.35. The Hall–Kier alpha value is -4.19. The zero-order chi connectivity index (χ0) is 50.0. The molecule has 0 heterocycles. The minimum atomic E-state index is -0.783. The lowest BCUT2D eigenvalue weighted by Gasteiger charge is -2.18. The van der Waals surface area contributed by atoms with Gasteiger partial charge in [-0.15, -0.1) is 0 Å². The Morgan fingerprint density at radius 1 is 0.304 bits per heavy atom. The van der Waals surface area contributed by atoms with E-state index in [0.29, 0.717) is 19.3 Å². The molecule has 0 aromatic rings. The van der Waals surface area contributed by atoms with Gasteiger partial charge in [0, 0.05) is 19.3 Å². The van der Waals surface area contributed by atoms with Crippen molar-refractivity contribution in [2.45, 2.75) is 245 Å². The number of hydrogen-bond acceptors (Lipinski definition) is 6. The summed E-state index contributed by atoms with van der Waals surface area (Å²) in [6.07, 6.45) is 78.2. The second-order valence-electron chi connectivity index (χ2n) is 18.1. The summed E-state index contributed by atoms with van der Waals surface area (Å²) in [5.41, 5.74) is 0. The molecule has 1 unspecified atom stereocenters. The topological polar surface area (TPSA) is 78.9 Å². The fraction of sp³-hybridized carbons (Fsp3) is 0.635. The summed E-state index contributed by atoms with van der Waals surface area (Å²) in [7, 11) is 0. The van der Waals surface area contributed by atoms with Crippen LogP contribution in [0.15, 0.2) is 122 Å². The highest BCUT2D eigenvalue weighted by Gasteiger charge is 2.19. The Morgan fingerprint density at radius 2 is 0.580 bits per heavy atom. The van der Waals surface area contributed by atoms with Crippen LogP contribution in [0.1, 0.15) is 239 Å². The molecule has 6 nitrogen and oxygen atoms in total. The van der Waals surface area contributed by atoms with Crippen LogP contribution in [-0.2, 0) is 28.6 Å². The molecule has 0 bridgehead atoms. The van der Waals surface area contributed by atoms with Crippen molar-refractivity contribution >= 4 is 17.9 Å². The van der Waals surface area contributed by atoms with Crippen molar-refractivity contribution in [3.8, 4) is 0 Å². The average molecular weight is 956 g/mol. The molecule has 390 valence electrons. The Labute approximate surface area is 424 Å². The van der Waals surface area contributed by atoms with E-state index >= 15 is 0 Å². The van der Waals surface area contributed by atoms with Gasteiger partial charge in [0.25, 0.3) is 0 Å². The molecular formula is C63H102O6. The van der Waals surface area contributed by atoms with Crippen molar-refractivity contribution in [1.82, 2.24) is 0 Å². The van der Waals surface area contributed by atoms with Gasteiger partial charge in [0.05, 0.1) is 0 Å². The molecule has 0 amide bonds. The summed E-state index contributed by atoms with van der Waals surface area (Å²) in [6.45, 7) is 6.37. The van der Waals surface area contributed by atoms with E-state index in [4.69, 9.17) is 14.2 Å². The van der Waals surface area contributed by atoms with Gasteiger partial charge in [0.15, 0.2) is 6.10 Å². The van der Waals surface area contributed by atoms with E-state index in [9.17, 15) is 14.4 Å². The highest BCUT2D eigenvalue weighted by atomic mass is 16.6. The smallest absolute Gasteiger partial charge is 0.306 e. The minimum absolute atomic E-state index is 0.0868. The second-order valence-corrected chi connectivity index (χ2v) is 18.1. The molecule has 69 heavy (non-hydrogen) atoms. The molecule has 0 aliphatic rings. The van der Waals surface area contributed by atoms with Crippen LogP contribution in [0, 0.1) is 0 Å². The molecule has 0 N–H and O–H groups in total. The van der Waals surface area contributed by atoms with Gasteiger partial charge < -0.3 is 14.2 Å². The first-order valence-electron chi connectivity index (χ1n) is 28.0. The Morgan fingerprint density at radius 3 is 0.942 bits per heavy atom. The van der Waals surface area contributed by atoms with E-state index in [-0.39, 0.29) is 31.1 Å². The predicted octanol–water partition coefficient (Wildman–Crippen LogP) is 18.9. The number of esters is 3. The summed E-state index contributed by atoms with van der Waals surface area (Å²) in [6, 6.07) is 0. The zero-order valence-electron chi connectivity index (χ0n) is 44.5. The third-order valence-corrected chi connectivity index (χ3v) is 11.5. The first kappa shape index (κ1) is 64.8. The van der Waals surface area contributed by atoms with E-state index < -0.39 is 6.10 Å². The van der Waals surface area contributed by atoms with Crippen molar-refractivity contribution in [3.63, 3.8) is 0 Å². The molecule has 0 spiro atoms. The number of unbranched alkanes of at least 4 members (excludes halogenated alkanes) is 18. The number of ether oxygens (including phenoxy) is 3. The lowest BCUT2D eigenvalue weighted by molar-refractivity contribution is -0.167. The third kappa shape index (κ3) is 54.6. The third-order valence-electron chi connectivity index (χ3n) is 11.5. The van der Waals surface area contributed by atoms with Crippen LogP contribution in [-0.4, -0.2) is 37.2 Å². The van der Waals surface area contributed by atoms with Crippen LogP contribution >= 0.6 is 0 Å². The van der Waals surface area contributed by atoms with Crippen LogP contribution in [0.5, 0.6) is 0 Å². The van der Waals surface area contributed by atoms with Gasteiger partial charge in [0.1, 0.15) is 13.2 Å². The molecular weight excluding hydrogens is 853 g/mol. The second kappa shape index (κ2) is 56.4. The van der Waals surface area contributed by atoms with E-state index in [1.54, 1.807) is 0 Å². The van der Waals surface area contributed by atoms with Gasteiger partial charge in [0.2, 0.25) is 0 Å². The van der Waals surface area contributed by atoms with Crippen molar-refractivity contribution in [2.75, 3.05) is 13.2 Å². The highest BCUT2D eigenvalue weighted by molar-refractivity contribution is 5.71. The number of carbonyl (C=O) groups excluding carboxylic acids is 3. The van der Waals surface area contributed by atoms with Gasteiger partial charge in [-0.3, -0.25) is 14.4 Å². The van der Waals surface area contributed by atoms with Gasteiger partial charge in [-0.05, 0) is 109 Å². The summed E-state index contributed by atoms with van der Waals surface area (Å²) < 4.78 is 16.6. The summed E-state index contributed by atoms with van der Waals surface area (Å²) in [5, 5.41) is 0. The van der Waals surface area contributed by atoms with Crippen LogP contribution in [0.4, 0.5) is 0 Å². The molecule has 0 aromatic carbocycles. The summed E-state index contributed by atoms with van der Waals surface area (Å²) >= 11 is 0. The van der Waals surface area contributed by atoms with E-state index in [0.717, 1.165) is 141 Å². The molecule has 0 aromatic heterocycles. The van der Waals surface area contributed by atoms with Crippen LogP contribution in [0.2, 0.25) is 0 Å². The van der Waals surface area contributed by atoms with Crippen molar-refractivity contribution < 1.29 is 28.6 Å². The number of carbonyl (C=O) groups is 3. The Kier molecular flexibility index (Phi) is 53.0. The normalized spacial score (nSPS) is 13.0. The first-order chi connectivity index (χ1) is 34.0. The predicted molar refractivity (Wildman–Crippen MR) is 297 cm³/mol. The maximum Gasteiger partial charge on any atom is 0.306 e. The van der Waals surface area contributed by atoms with Crippen LogP contribution in [0.3, 0.4) is 0 Å². The molecule has 0 saturated heterocycles. The summed E-state index contributed by atoms with van der Waals surface area (Å²) in [5.74, 6) is -0.929. The molecule has 0 saturated carbocycles. The van der Waals surface area contributed by atoms with Crippen molar-refractivity contribution in [2.24, 2.45) is 0 Å². The maximum absolute atomic E-state index is 12.7. The zero-order valence-corrected chi connectivity index (χ0v) is 44.5. The Bertz CT molecular complexity index is 1470. The number of hydrogen-bond donors (Lipinski definition) is 0. The first-order valence-corrected chi connectivity index (χ1v) is 28.0. The molecule has 1 atom stereocenters. The quantitative estimate of drug-likeness (QED) is 0.0262. The van der Waals surface area contributed by atoms with Crippen molar-refractivity contribution in [1.29, 1.82) is 0 Å². The van der Waals surface area contributed by atoms with Gasteiger partial charge >= 0.3 is 17.9 Å². The Balaban J connectivity index is 4.05. The van der Waals surface area contributed by atoms with Crippen molar-refractivity contribution in [3.05, 3.63) is 122 Å². The van der Waals surface area contributed by atoms with E-state index in [1.807, 2.05) is 0 Å². The van der Waals surface area contributed by atoms with Gasteiger partial charge in [-0.1, -0.05) is 232 Å². The van der Waals surface area contributed by atoms with Crippen LogP contribution in [0.25, 0.3) is 0 Å². The molecule has 0 rings (SSSR count). The highest BCUT2D eigenvalue weighted by Crippen LogP contribution is 2.13. The number of rotatable bonds is 49. The van der Waals surface area contributed by atoms with E-state index in [1.165, 1.54) is 57.8 Å². The lowest BCUT2D eigenvalue weighted by atomic mass is 10.1. The molecule has 0 aliphatic heterocycles. The van der Waals surface area contributed by atoms with Gasteiger partial charge in [-0.25, -0.2) is 0 Å². The minimum Gasteiger partial charge on any atom is -0.462 e. The fourth-order valence-electron chi connectivity index (χ4n) is 7.24. The standard InChI is InChI=1S/C63H102O6/c1-4-7-10-13-15-17-19-20-21-22-23-24-25-26-27-28-29-30-31-32-33-34-35-36-37-38-39-40-41-42-44-45-47-50-53-56-62(65)68-59-60(58-67-61(64)55-52-49-12-9-6-3)69-63(66)57-54-51-48-46-43-18-16-14-11-8-5-2/h7,10,14-17,20-21,23-24,26-27,29-30,32-33,35-36,38-39,60H,4-6,8-9,11-13,18-19,22,25,28,31,34,37,40-59H2,1-3H3/b10-7-,16-14-,17-15-,21-20-,24-23-,27-26-,30-29-,33-32-,36-35-,39-38-. The largest absolute Gasteiger partial charge is 0.462 e. The van der Waals surface area contributed by atoms with Gasteiger partial charge in [-0.2, -0.15) is 0 Å². The van der Waals surface area contributed by atoms with Crippen LogP contribution < -0.4 is 0 Å². The SMILES string of the molecule is CC/C=C\C/C=C\C/C=C\C/C=C\C/C=C\C/C=C\C/C=C\C/C=C\C/C=C\CCCCCCCCCC(=O)OCC(COC(=O)CCCCCCC)OC(=O)CCCCCCC/C=C\CCCC. The summed E-state index contributed by atoms with van der Waals surface area (Å²) in [4.78, 5) is 37.6. The molecule has 0 aliphatic carbocycles. The number of allylic oxidation sites excluding steroid dienone is 20. The maximum atomic E-state index is 12.7. The van der Waals surface area contributed by atoms with E-state index in [2.05, 4.69) is 142 Å². The lowest BCUT2D eigenvalue weighted by Crippen LogP contribution is -2.30.